The Morgan fingerprint density at radius 2 is 2.41 bits per heavy atom. The molecule has 0 spiro atoms. The second kappa shape index (κ2) is 6.71. The van der Waals surface area contributed by atoms with Crippen LogP contribution in [0, 0.1) is 0 Å². The van der Waals surface area contributed by atoms with Crippen molar-refractivity contribution in [2.75, 3.05) is 5.75 Å². The molecule has 6 heteroatoms. The minimum Gasteiger partial charge on any atom is -0.351 e. The number of hydrogen-bond acceptors (Lipinski definition) is 3. The van der Waals surface area contributed by atoms with Gasteiger partial charge in [-0.05, 0) is 36.9 Å². The monoisotopic (exact) mass is 273 g/mol. The SMILES string of the molecule is CCCSN(C(N)=O)C(C)c1ccncc1Cl. The van der Waals surface area contributed by atoms with E-state index in [0.717, 1.165) is 17.7 Å². The number of carbonyl (C=O) groups is 1. The number of urea groups is 1. The van der Waals surface area contributed by atoms with E-state index in [4.69, 9.17) is 17.3 Å². The minimum absolute atomic E-state index is 0.167. The topological polar surface area (TPSA) is 59.2 Å². The fraction of sp³-hybridized carbons (Fsp3) is 0.455. The smallest absolute Gasteiger partial charge is 0.325 e. The molecule has 1 atom stereocenters. The lowest BCUT2D eigenvalue weighted by Crippen LogP contribution is -2.32. The number of nitrogens with two attached hydrogens (primary N) is 1. The summed E-state index contributed by atoms with van der Waals surface area (Å²) in [5.41, 5.74) is 6.22. The van der Waals surface area contributed by atoms with E-state index in [2.05, 4.69) is 11.9 Å². The van der Waals surface area contributed by atoms with Gasteiger partial charge in [0.05, 0.1) is 11.1 Å². The average molecular weight is 274 g/mol. The Kier molecular flexibility index (Phi) is 5.58. The Bertz CT molecular complexity index is 389. The van der Waals surface area contributed by atoms with Crippen LogP contribution in [0.5, 0.6) is 0 Å². The Hall–Kier alpha value is -0.940. The van der Waals surface area contributed by atoms with Crippen LogP contribution in [0.3, 0.4) is 0 Å². The number of rotatable bonds is 5. The predicted molar refractivity (Wildman–Crippen MR) is 71.8 cm³/mol. The highest BCUT2D eigenvalue weighted by molar-refractivity contribution is 7.97. The zero-order valence-electron chi connectivity index (χ0n) is 9.89. The first-order valence-electron chi connectivity index (χ1n) is 5.39. The van der Waals surface area contributed by atoms with E-state index in [1.54, 1.807) is 22.8 Å². The van der Waals surface area contributed by atoms with Crippen molar-refractivity contribution in [2.45, 2.75) is 26.3 Å². The van der Waals surface area contributed by atoms with Crippen LogP contribution in [0.4, 0.5) is 4.79 Å². The molecule has 1 aromatic heterocycles. The molecular weight excluding hydrogens is 258 g/mol. The number of aromatic nitrogens is 1. The molecule has 1 aromatic rings. The summed E-state index contributed by atoms with van der Waals surface area (Å²) in [6.07, 6.45) is 4.20. The molecule has 2 N–H and O–H groups in total. The van der Waals surface area contributed by atoms with Gasteiger partial charge < -0.3 is 5.73 Å². The maximum Gasteiger partial charge on any atom is 0.325 e. The second-order valence-corrected chi connectivity index (χ2v) is 5.04. The van der Waals surface area contributed by atoms with Gasteiger partial charge in [0.15, 0.2) is 0 Å². The van der Waals surface area contributed by atoms with Crippen LogP contribution in [-0.2, 0) is 0 Å². The molecule has 0 bridgehead atoms. The highest BCUT2D eigenvalue weighted by Gasteiger charge is 2.21. The molecule has 0 aliphatic rings. The van der Waals surface area contributed by atoms with Crippen molar-refractivity contribution in [1.82, 2.24) is 9.29 Å². The summed E-state index contributed by atoms with van der Waals surface area (Å²) in [6.45, 7) is 3.95. The number of amides is 2. The van der Waals surface area contributed by atoms with Gasteiger partial charge in [-0.1, -0.05) is 18.5 Å². The highest BCUT2D eigenvalue weighted by atomic mass is 35.5. The molecule has 2 amide bonds. The fourth-order valence-corrected chi connectivity index (χ4v) is 2.53. The van der Waals surface area contributed by atoms with Crippen LogP contribution in [0.25, 0.3) is 0 Å². The van der Waals surface area contributed by atoms with Gasteiger partial charge in [-0.3, -0.25) is 9.29 Å². The first-order valence-corrected chi connectivity index (χ1v) is 6.71. The van der Waals surface area contributed by atoms with Gasteiger partial charge >= 0.3 is 6.03 Å². The number of halogens is 1. The molecule has 0 saturated carbocycles. The van der Waals surface area contributed by atoms with E-state index in [-0.39, 0.29) is 6.04 Å². The van der Waals surface area contributed by atoms with Crippen LogP contribution in [0.2, 0.25) is 5.02 Å². The maximum absolute atomic E-state index is 11.4. The Morgan fingerprint density at radius 1 is 1.71 bits per heavy atom. The molecule has 94 valence electrons. The Morgan fingerprint density at radius 3 is 2.94 bits per heavy atom. The molecule has 0 aliphatic heterocycles. The zero-order chi connectivity index (χ0) is 12.8. The number of hydrogen-bond donors (Lipinski definition) is 1. The van der Waals surface area contributed by atoms with Crippen LogP contribution in [0.15, 0.2) is 18.5 Å². The summed E-state index contributed by atoms with van der Waals surface area (Å²) in [5, 5.41) is 0.545. The average Bonchev–Trinajstić information content (AvgIpc) is 2.29. The summed E-state index contributed by atoms with van der Waals surface area (Å²) in [6, 6.07) is 1.18. The van der Waals surface area contributed by atoms with Gasteiger partial charge in [-0.15, -0.1) is 0 Å². The third-order valence-corrected chi connectivity index (χ3v) is 3.94. The van der Waals surface area contributed by atoms with Crippen molar-refractivity contribution >= 4 is 29.6 Å². The van der Waals surface area contributed by atoms with E-state index >= 15 is 0 Å². The normalized spacial score (nSPS) is 12.2. The molecule has 0 saturated heterocycles. The number of nitrogens with zero attached hydrogens (tertiary/aromatic N) is 2. The van der Waals surface area contributed by atoms with Gasteiger partial charge in [-0.2, -0.15) is 0 Å². The third kappa shape index (κ3) is 3.78. The van der Waals surface area contributed by atoms with Gasteiger partial charge in [-0.25, -0.2) is 4.79 Å². The van der Waals surface area contributed by atoms with Crippen molar-refractivity contribution in [1.29, 1.82) is 0 Å². The molecule has 0 fully saturated rings. The van der Waals surface area contributed by atoms with Gasteiger partial charge in [0.1, 0.15) is 0 Å². The standard InChI is InChI=1S/C11H16ClN3OS/c1-3-6-17-15(11(13)16)8(2)9-4-5-14-7-10(9)12/h4-5,7-8H,3,6H2,1-2H3,(H2,13,16). The first kappa shape index (κ1) is 14.1. The quantitative estimate of drug-likeness (QED) is 0.838. The second-order valence-electron chi connectivity index (χ2n) is 3.57. The summed E-state index contributed by atoms with van der Waals surface area (Å²) < 4.78 is 1.55. The maximum atomic E-state index is 11.4. The van der Waals surface area contributed by atoms with Gasteiger partial charge in [0.2, 0.25) is 0 Å². The zero-order valence-corrected chi connectivity index (χ0v) is 11.5. The number of primary amides is 1. The number of pyridine rings is 1. The molecule has 0 aliphatic carbocycles. The van der Waals surface area contributed by atoms with Crippen LogP contribution < -0.4 is 5.73 Å². The lowest BCUT2D eigenvalue weighted by atomic mass is 10.1. The Labute approximate surface area is 111 Å². The summed E-state index contributed by atoms with van der Waals surface area (Å²) in [4.78, 5) is 15.3. The van der Waals surface area contributed by atoms with Crippen molar-refractivity contribution in [3.05, 3.63) is 29.0 Å². The molecular formula is C11H16ClN3OS. The first-order chi connectivity index (χ1) is 8.07. The van der Waals surface area contributed by atoms with Crippen LogP contribution >= 0.6 is 23.5 Å². The van der Waals surface area contributed by atoms with Crippen molar-refractivity contribution < 1.29 is 4.79 Å². The van der Waals surface area contributed by atoms with Crippen LogP contribution in [0.1, 0.15) is 31.9 Å². The molecule has 4 nitrogen and oxygen atoms in total. The van der Waals surface area contributed by atoms with Crippen molar-refractivity contribution in [3.63, 3.8) is 0 Å². The minimum atomic E-state index is -0.455. The van der Waals surface area contributed by atoms with Crippen molar-refractivity contribution in [2.24, 2.45) is 5.73 Å². The summed E-state index contributed by atoms with van der Waals surface area (Å²) in [7, 11) is 0. The highest BCUT2D eigenvalue weighted by Crippen LogP contribution is 2.30. The fourth-order valence-electron chi connectivity index (χ4n) is 1.41. The molecule has 1 unspecified atom stereocenters. The van der Waals surface area contributed by atoms with Gasteiger partial charge in [0.25, 0.3) is 0 Å². The van der Waals surface area contributed by atoms with E-state index in [1.165, 1.54) is 11.9 Å². The van der Waals surface area contributed by atoms with Crippen molar-refractivity contribution in [3.8, 4) is 0 Å². The summed E-state index contributed by atoms with van der Waals surface area (Å²) in [5.74, 6) is 0.843. The van der Waals surface area contributed by atoms with Gasteiger partial charge in [0, 0.05) is 18.1 Å². The van der Waals surface area contributed by atoms with E-state index < -0.39 is 6.03 Å². The van der Waals surface area contributed by atoms with Crippen LogP contribution in [-0.4, -0.2) is 21.1 Å². The summed E-state index contributed by atoms with van der Waals surface area (Å²) >= 11 is 7.47. The lowest BCUT2D eigenvalue weighted by Gasteiger charge is -2.26. The molecule has 1 rings (SSSR count). The lowest BCUT2D eigenvalue weighted by molar-refractivity contribution is 0.227. The van der Waals surface area contributed by atoms with E-state index in [0.29, 0.717) is 5.02 Å². The molecule has 17 heavy (non-hydrogen) atoms. The van der Waals surface area contributed by atoms with E-state index in [9.17, 15) is 4.79 Å². The number of carbonyl (C=O) groups excluding carboxylic acids is 1. The molecule has 0 radical (unpaired) electrons. The third-order valence-electron chi connectivity index (χ3n) is 2.26. The largest absolute Gasteiger partial charge is 0.351 e. The molecule has 0 aromatic carbocycles. The Balaban J connectivity index is 2.88. The molecule has 1 heterocycles. The predicted octanol–water partition coefficient (Wildman–Crippen LogP) is 3.23. The van der Waals surface area contributed by atoms with E-state index in [1.807, 2.05) is 6.92 Å².